The van der Waals surface area contributed by atoms with Gasteiger partial charge in [-0.15, -0.1) is 0 Å². The Labute approximate surface area is 198 Å². The van der Waals surface area contributed by atoms with E-state index in [0.717, 1.165) is 54.7 Å². The maximum absolute atomic E-state index is 14.0. The molecule has 1 aliphatic heterocycles. The molecule has 176 valence electrons. The van der Waals surface area contributed by atoms with Gasteiger partial charge in [-0.25, -0.2) is 19.0 Å². The van der Waals surface area contributed by atoms with Gasteiger partial charge in [0.25, 0.3) is 0 Å². The van der Waals surface area contributed by atoms with Crippen molar-refractivity contribution in [2.75, 3.05) is 6.61 Å². The molecule has 0 radical (unpaired) electrons. The number of hydrogen-bond acceptors (Lipinski definition) is 5. The van der Waals surface area contributed by atoms with E-state index in [1.807, 2.05) is 23.7 Å². The molecule has 2 aliphatic rings. The first-order valence-corrected chi connectivity index (χ1v) is 11.9. The summed E-state index contributed by atoms with van der Waals surface area (Å²) in [6.07, 6.45) is 6.94. The molecule has 3 aromatic rings. The molecule has 0 bridgehead atoms. The van der Waals surface area contributed by atoms with Gasteiger partial charge in [-0.05, 0) is 87.3 Å². The second kappa shape index (κ2) is 9.15. The van der Waals surface area contributed by atoms with E-state index in [4.69, 9.17) is 9.94 Å². The number of aryl methyl sites for hydroxylation is 2. The predicted molar refractivity (Wildman–Crippen MR) is 123 cm³/mol. The van der Waals surface area contributed by atoms with Crippen molar-refractivity contribution in [2.24, 2.45) is 11.8 Å². The van der Waals surface area contributed by atoms with Crippen molar-refractivity contribution in [3.8, 4) is 6.07 Å². The van der Waals surface area contributed by atoms with Crippen LogP contribution in [0, 0.1) is 42.8 Å². The van der Waals surface area contributed by atoms with Gasteiger partial charge in [0.1, 0.15) is 5.82 Å². The van der Waals surface area contributed by atoms with Crippen LogP contribution in [0.25, 0.3) is 5.65 Å². The third-order valence-corrected chi connectivity index (χ3v) is 7.10. The summed E-state index contributed by atoms with van der Waals surface area (Å²) in [5, 5.41) is 15.4. The van der Waals surface area contributed by atoms with Crippen LogP contribution in [0.2, 0.25) is 0 Å². The molecule has 1 amide bonds. The SMILES string of the molecule is Cc1cn2nc(CC3CCC(C(=O)N4OCC[C@H]4c4cc(F)cc(C#N)c4)CC3)c(C)cc2n1. The molecule has 1 saturated heterocycles. The molecular weight excluding hydrogens is 433 g/mol. The van der Waals surface area contributed by atoms with Crippen LogP contribution in [0.5, 0.6) is 0 Å². The zero-order valence-electron chi connectivity index (χ0n) is 19.5. The summed E-state index contributed by atoms with van der Waals surface area (Å²) in [6.45, 7) is 4.45. The smallest absolute Gasteiger partial charge is 0.249 e. The van der Waals surface area contributed by atoms with Gasteiger partial charge < -0.3 is 0 Å². The minimum absolute atomic E-state index is 0.0339. The summed E-state index contributed by atoms with van der Waals surface area (Å²) in [5.41, 5.74) is 4.92. The molecule has 2 aromatic heterocycles. The molecular formula is C26H28FN5O2. The number of carbonyl (C=O) groups is 1. The summed E-state index contributed by atoms with van der Waals surface area (Å²) in [4.78, 5) is 23.5. The minimum Gasteiger partial charge on any atom is -0.272 e. The number of imidazole rings is 1. The number of halogens is 1. The van der Waals surface area contributed by atoms with Crippen molar-refractivity contribution < 1.29 is 14.0 Å². The third-order valence-electron chi connectivity index (χ3n) is 7.10. The average molecular weight is 462 g/mol. The monoisotopic (exact) mass is 461 g/mol. The van der Waals surface area contributed by atoms with E-state index < -0.39 is 5.82 Å². The number of aromatic nitrogens is 3. The summed E-state index contributed by atoms with van der Waals surface area (Å²) in [6, 6.07) is 7.95. The standard InChI is InChI=1S/C26H28FN5O2/c1-16-9-25-29-17(2)15-31(25)30-23(16)12-18-3-5-20(6-4-18)26(33)32-24(7-8-34-32)21-10-19(14-28)11-22(27)13-21/h9-11,13,15,18,20,24H,3-8,12H2,1-2H3/t18?,20?,24-/m0/s1. The Balaban J connectivity index is 1.23. The molecule has 8 heteroatoms. The van der Waals surface area contributed by atoms with Gasteiger partial charge in [0.05, 0.1) is 41.9 Å². The topological polar surface area (TPSA) is 83.5 Å². The quantitative estimate of drug-likeness (QED) is 0.567. The fourth-order valence-corrected chi connectivity index (χ4v) is 5.30. The zero-order valence-corrected chi connectivity index (χ0v) is 19.5. The Morgan fingerprint density at radius 2 is 1.97 bits per heavy atom. The molecule has 5 rings (SSSR count). The van der Waals surface area contributed by atoms with E-state index in [-0.39, 0.29) is 23.4 Å². The molecule has 1 aliphatic carbocycles. The highest BCUT2D eigenvalue weighted by Gasteiger charge is 2.37. The zero-order chi connectivity index (χ0) is 23.8. The highest BCUT2D eigenvalue weighted by Crippen LogP contribution is 2.37. The van der Waals surface area contributed by atoms with Crippen molar-refractivity contribution in [3.63, 3.8) is 0 Å². The molecule has 0 N–H and O–H groups in total. The van der Waals surface area contributed by atoms with Gasteiger partial charge in [0.15, 0.2) is 5.65 Å². The van der Waals surface area contributed by atoms with Crippen molar-refractivity contribution in [2.45, 2.75) is 58.4 Å². The van der Waals surface area contributed by atoms with Crippen LogP contribution in [0.15, 0.2) is 30.5 Å². The van der Waals surface area contributed by atoms with Crippen LogP contribution >= 0.6 is 0 Å². The predicted octanol–water partition coefficient (Wildman–Crippen LogP) is 4.61. The number of hydrogen-bond donors (Lipinski definition) is 0. The number of carbonyl (C=O) groups excluding carboxylic acids is 1. The normalized spacial score (nSPS) is 22.8. The maximum Gasteiger partial charge on any atom is 0.249 e. The number of nitrogens with zero attached hydrogens (tertiary/aromatic N) is 5. The van der Waals surface area contributed by atoms with Crippen LogP contribution < -0.4 is 0 Å². The van der Waals surface area contributed by atoms with E-state index in [1.54, 1.807) is 6.07 Å². The Hall–Kier alpha value is -3.31. The molecule has 3 heterocycles. The fraction of sp³-hybridized carbons (Fsp3) is 0.462. The number of rotatable bonds is 4. The Morgan fingerprint density at radius 1 is 1.18 bits per heavy atom. The lowest BCUT2D eigenvalue weighted by atomic mass is 9.79. The van der Waals surface area contributed by atoms with Crippen molar-refractivity contribution >= 4 is 11.6 Å². The van der Waals surface area contributed by atoms with Crippen LogP contribution in [-0.4, -0.2) is 32.2 Å². The van der Waals surface area contributed by atoms with Crippen molar-refractivity contribution in [1.82, 2.24) is 19.7 Å². The summed E-state index contributed by atoms with van der Waals surface area (Å²) >= 11 is 0. The number of hydroxylamine groups is 2. The second-order valence-electron chi connectivity index (χ2n) is 9.57. The fourth-order valence-electron chi connectivity index (χ4n) is 5.30. The van der Waals surface area contributed by atoms with Gasteiger partial charge in [-0.1, -0.05) is 0 Å². The summed E-state index contributed by atoms with van der Waals surface area (Å²) < 4.78 is 15.8. The number of benzene rings is 1. The number of nitriles is 1. The van der Waals surface area contributed by atoms with E-state index in [1.165, 1.54) is 17.2 Å². The highest BCUT2D eigenvalue weighted by molar-refractivity contribution is 5.78. The lowest BCUT2D eigenvalue weighted by Gasteiger charge is -2.32. The van der Waals surface area contributed by atoms with E-state index in [2.05, 4.69) is 18.0 Å². The first-order valence-electron chi connectivity index (χ1n) is 11.9. The average Bonchev–Trinajstić information content (AvgIpc) is 3.45. The first-order chi connectivity index (χ1) is 16.4. The number of amides is 1. The molecule has 1 aromatic carbocycles. The Bertz CT molecular complexity index is 1270. The van der Waals surface area contributed by atoms with Crippen molar-refractivity contribution in [3.05, 3.63) is 64.4 Å². The van der Waals surface area contributed by atoms with Gasteiger partial charge in [-0.3, -0.25) is 9.63 Å². The second-order valence-corrected chi connectivity index (χ2v) is 9.57. The van der Waals surface area contributed by atoms with Crippen LogP contribution in [0.3, 0.4) is 0 Å². The van der Waals surface area contributed by atoms with E-state index >= 15 is 0 Å². The van der Waals surface area contributed by atoms with Gasteiger partial charge in [0, 0.05) is 12.3 Å². The first kappa shape index (κ1) is 22.5. The molecule has 34 heavy (non-hydrogen) atoms. The van der Waals surface area contributed by atoms with E-state index in [0.29, 0.717) is 24.5 Å². The molecule has 1 saturated carbocycles. The van der Waals surface area contributed by atoms with Gasteiger partial charge >= 0.3 is 0 Å². The van der Waals surface area contributed by atoms with E-state index in [9.17, 15) is 14.4 Å². The lowest BCUT2D eigenvalue weighted by Crippen LogP contribution is -2.37. The number of fused-ring (bicyclic) bond motifs is 1. The van der Waals surface area contributed by atoms with Crippen LogP contribution in [0.4, 0.5) is 4.39 Å². The van der Waals surface area contributed by atoms with Crippen LogP contribution in [-0.2, 0) is 16.1 Å². The molecule has 0 spiro atoms. The van der Waals surface area contributed by atoms with Crippen molar-refractivity contribution in [1.29, 1.82) is 5.26 Å². The molecule has 7 nitrogen and oxygen atoms in total. The summed E-state index contributed by atoms with van der Waals surface area (Å²) in [7, 11) is 0. The minimum atomic E-state index is -0.471. The maximum atomic E-state index is 14.0. The highest BCUT2D eigenvalue weighted by atomic mass is 19.1. The lowest BCUT2D eigenvalue weighted by molar-refractivity contribution is -0.183. The van der Waals surface area contributed by atoms with Gasteiger partial charge in [0.2, 0.25) is 5.91 Å². The van der Waals surface area contributed by atoms with Crippen LogP contribution in [0.1, 0.15) is 66.2 Å². The molecule has 0 unspecified atom stereocenters. The Morgan fingerprint density at radius 3 is 2.74 bits per heavy atom. The van der Waals surface area contributed by atoms with Gasteiger partial charge in [-0.2, -0.15) is 10.4 Å². The Kier molecular flexibility index (Phi) is 6.05. The molecule has 2 fully saturated rings. The largest absolute Gasteiger partial charge is 0.272 e. The molecule has 1 atom stereocenters. The summed E-state index contributed by atoms with van der Waals surface area (Å²) in [5.74, 6) is -0.127. The third kappa shape index (κ3) is 4.40.